The molecule has 21 heavy (non-hydrogen) atoms. The molecule has 116 valence electrons. The van der Waals surface area contributed by atoms with Crippen molar-refractivity contribution in [2.24, 2.45) is 0 Å². The first-order valence-electron chi connectivity index (χ1n) is 7.50. The summed E-state index contributed by atoms with van der Waals surface area (Å²) in [5.41, 5.74) is 0.977. The molecule has 5 heteroatoms. The minimum Gasteiger partial charge on any atom is -0.341 e. The zero-order valence-electron chi connectivity index (χ0n) is 13.2. The Balaban J connectivity index is 2.69. The molecule has 0 aliphatic rings. The lowest BCUT2D eigenvalue weighted by Gasteiger charge is -2.26. The average molecular weight is 291 g/mol. The molecule has 0 aliphatic heterocycles. The Bertz CT molecular complexity index is 442. The van der Waals surface area contributed by atoms with Crippen LogP contribution < -0.4 is 0 Å². The Morgan fingerprint density at radius 3 is 2.10 bits per heavy atom. The lowest BCUT2D eigenvalue weighted by atomic mass is 10.2. The van der Waals surface area contributed by atoms with Crippen molar-refractivity contribution in [2.75, 3.05) is 19.6 Å². The van der Waals surface area contributed by atoms with Gasteiger partial charge in [-0.05, 0) is 30.5 Å². The molecule has 1 aromatic heterocycles. The van der Waals surface area contributed by atoms with Crippen molar-refractivity contribution in [2.45, 2.75) is 40.2 Å². The van der Waals surface area contributed by atoms with E-state index in [1.54, 1.807) is 17.3 Å². The van der Waals surface area contributed by atoms with Crippen LogP contribution >= 0.6 is 0 Å². The summed E-state index contributed by atoms with van der Waals surface area (Å²) in [7, 11) is 0. The lowest BCUT2D eigenvalue weighted by molar-refractivity contribution is -0.140. The molecule has 1 rings (SSSR count). The van der Waals surface area contributed by atoms with E-state index in [0.29, 0.717) is 6.54 Å². The van der Waals surface area contributed by atoms with Gasteiger partial charge in [0, 0.05) is 39.0 Å². The Hall–Kier alpha value is -1.91. The maximum absolute atomic E-state index is 12.3. The monoisotopic (exact) mass is 291 g/mol. The average Bonchev–Trinajstić information content (AvgIpc) is 2.47. The van der Waals surface area contributed by atoms with Crippen molar-refractivity contribution in [3.05, 3.63) is 30.1 Å². The molecule has 1 aromatic rings. The molecule has 2 amide bonds. The van der Waals surface area contributed by atoms with Crippen LogP contribution in [0.2, 0.25) is 0 Å². The number of nitrogens with zero attached hydrogens (tertiary/aromatic N) is 3. The Morgan fingerprint density at radius 1 is 1.05 bits per heavy atom. The summed E-state index contributed by atoms with van der Waals surface area (Å²) in [5, 5.41) is 0. The molecular formula is C16H25N3O2. The van der Waals surface area contributed by atoms with E-state index < -0.39 is 0 Å². The summed E-state index contributed by atoms with van der Waals surface area (Å²) in [6.07, 6.45) is 5.23. The second-order valence-electron chi connectivity index (χ2n) is 5.11. The van der Waals surface area contributed by atoms with Crippen molar-refractivity contribution in [3.8, 4) is 0 Å². The molecule has 1 heterocycles. The van der Waals surface area contributed by atoms with E-state index in [1.807, 2.05) is 17.0 Å². The van der Waals surface area contributed by atoms with Crippen LogP contribution in [0.4, 0.5) is 0 Å². The predicted octanol–water partition coefficient (Wildman–Crippen LogP) is 2.08. The highest BCUT2D eigenvalue weighted by molar-refractivity contribution is 5.83. The number of aromatic nitrogens is 1. The molecular weight excluding hydrogens is 266 g/mol. The maximum Gasteiger partial charge on any atom is 0.242 e. The van der Waals surface area contributed by atoms with E-state index in [-0.39, 0.29) is 18.4 Å². The Labute approximate surface area is 127 Å². The van der Waals surface area contributed by atoms with E-state index in [1.165, 1.54) is 6.92 Å². The van der Waals surface area contributed by atoms with Gasteiger partial charge in [0.2, 0.25) is 11.8 Å². The summed E-state index contributed by atoms with van der Waals surface area (Å²) in [6, 6.07) is 3.71. The fourth-order valence-corrected chi connectivity index (χ4v) is 2.15. The molecule has 0 N–H and O–H groups in total. The summed E-state index contributed by atoms with van der Waals surface area (Å²) in [6.45, 7) is 7.67. The molecule has 0 bridgehead atoms. The van der Waals surface area contributed by atoms with E-state index in [0.717, 1.165) is 31.5 Å². The first kappa shape index (κ1) is 17.1. The van der Waals surface area contributed by atoms with Crippen LogP contribution in [-0.2, 0) is 16.1 Å². The van der Waals surface area contributed by atoms with Gasteiger partial charge in [0.25, 0.3) is 0 Å². The third-order valence-electron chi connectivity index (χ3n) is 3.23. The zero-order valence-corrected chi connectivity index (χ0v) is 13.2. The van der Waals surface area contributed by atoms with Gasteiger partial charge < -0.3 is 9.80 Å². The van der Waals surface area contributed by atoms with Gasteiger partial charge in [-0.3, -0.25) is 14.6 Å². The highest BCUT2D eigenvalue weighted by Gasteiger charge is 2.18. The number of hydrogen-bond acceptors (Lipinski definition) is 3. The predicted molar refractivity (Wildman–Crippen MR) is 82.5 cm³/mol. The van der Waals surface area contributed by atoms with Gasteiger partial charge in [-0.2, -0.15) is 0 Å². The summed E-state index contributed by atoms with van der Waals surface area (Å²) >= 11 is 0. The number of hydrogen-bond donors (Lipinski definition) is 0. The molecule has 0 atom stereocenters. The van der Waals surface area contributed by atoms with Gasteiger partial charge in [-0.25, -0.2) is 0 Å². The van der Waals surface area contributed by atoms with Crippen molar-refractivity contribution >= 4 is 11.8 Å². The first-order chi connectivity index (χ1) is 10.1. The number of rotatable bonds is 8. The van der Waals surface area contributed by atoms with Crippen LogP contribution in [0.15, 0.2) is 24.5 Å². The molecule has 0 saturated carbocycles. The fraction of sp³-hybridized carbons (Fsp3) is 0.562. The quantitative estimate of drug-likeness (QED) is 0.737. The molecule has 0 saturated heterocycles. The van der Waals surface area contributed by atoms with Gasteiger partial charge in [-0.1, -0.05) is 13.8 Å². The highest BCUT2D eigenvalue weighted by atomic mass is 16.2. The minimum atomic E-state index is -0.0897. The molecule has 0 spiro atoms. The van der Waals surface area contributed by atoms with E-state index in [2.05, 4.69) is 18.8 Å². The number of carbonyl (C=O) groups is 2. The summed E-state index contributed by atoms with van der Waals surface area (Å²) < 4.78 is 0. The third kappa shape index (κ3) is 5.94. The van der Waals surface area contributed by atoms with Crippen molar-refractivity contribution < 1.29 is 9.59 Å². The van der Waals surface area contributed by atoms with Gasteiger partial charge >= 0.3 is 0 Å². The normalized spacial score (nSPS) is 10.2. The maximum atomic E-state index is 12.3. The van der Waals surface area contributed by atoms with E-state index in [9.17, 15) is 9.59 Å². The highest BCUT2D eigenvalue weighted by Crippen LogP contribution is 2.05. The lowest BCUT2D eigenvalue weighted by Crippen LogP contribution is -2.42. The second kappa shape index (κ2) is 9.10. The van der Waals surface area contributed by atoms with E-state index in [4.69, 9.17) is 0 Å². The summed E-state index contributed by atoms with van der Waals surface area (Å²) in [4.78, 5) is 31.5. The molecule has 0 unspecified atom stereocenters. The first-order valence-corrected chi connectivity index (χ1v) is 7.50. The minimum absolute atomic E-state index is 0.0166. The number of carbonyl (C=O) groups excluding carboxylic acids is 2. The van der Waals surface area contributed by atoms with Crippen LogP contribution in [0.1, 0.15) is 39.2 Å². The smallest absolute Gasteiger partial charge is 0.242 e. The van der Waals surface area contributed by atoms with Crippen LogP contribution in [0, 0.1) is 0 Å². The SMILES string of the molecule is CCCN(CCC)C(=O)CN(Cc1ccncc1)C(C)=O. The van der Waals surface area contributed by atoms with Crippen LogP contribution in [0.25, 0.3) is 0 Å². The van der Waals surface area contributed by atoms with Crippen LogP contribution in [-0.4, -0.2) is 46.2 Å². The van der Waals surface area contributed by atoms with Crippen LogP contribution in [0.5, 0.6) is 0 Å². The van der Waals surface area contributed by atoms with E-state index >= 15 is 0 Å². The van der Waals surface area contributed by atoms with Crippen molar-refractivity contribution in [1.29, 1.82) is 0 Å². The molecule has 0 aliphatic carbocycles. The zero-order chi connectivity index (χ0) is 15.7. The van der Waals surface area contributed by atoms with Crippen LogP contribution in [0.3, 0.4) is 0 Å². The van der Waals surface area contributed by atoms with Crippen molar-refractivity contribution in [3.63, 3.8) is 0 Å². The van der Waals surface area contributed by atoms with Gasteiger partial charge in [-0.15, -0.1) is 0 Å². The fourth-order valence-electron chi connectivity index (χ4n) is 2.15. The van der Waals surface area contributed by atoms with Gasteiger partial charge in [0.05, 0.1) is 0 Å². The van der Waals surface area contributed by atoms with Gasteiger partial charge in [0.1, 0.15) is 6.54 Å². The Kier molecular flexibility index (Phi) is 7.43. The number of amides is 2. The largest absolute Gasteiger partial charge is 0.341 e. The van der Waals surface area contributed by atoms with Gasteiger partial charge in [0.15, 0.2) is 0 Å². The Morgan fingerprint density at radius 2 is 1.62 bits per heavy atom. The molecule has 0 radical (unpaired) electrons. The molecule has 0 aromatic carbocycles. The topological polar surface area (TPSA) is 53.5 Å². The molecule has 5 nitrogen and oxygen atoms in total. The second-order valence-corrected chi connectivity index (χ2v) is 5.11. The molecule has 0 fully saturated rings. The number of pyridine rings is 1. The summed E-state index contributed by atoms with van der Waals surface area (Å²) in [5.74, 6) is -0.0731. The third-order valence-corrected chi connectivity index (χ3v) is 3.23. The van der Waals surface area contributed by atoms with Crippen molar-refractivity contribution in [1.82, 2.24) is 14.8 Å². The standard InChI is InChI=1S/C16H25N3O2/c1-4-10-18(11-5-2)16(21)13-19(14(3)20)12-15-6-8-17-9-7-15/h6-9H,4-5,10-13H2,1-3H3.